The Balaban J connectivity index is 0.00000114. The molecule has 8 nitrogen and oxygen atoms in total. The number of nitrogens with one attached hydrogen (secondary N) is 2. The van der Waals surface area contributed by atoms with Gasteiger partial charge in [-0.3, -0.25) is 9.69 Å². The Labute approximate surface area is 250 Å². The number of rotatable bonds is 10. The van der Waals surface area contributed by atoms with Crippen LogP contribution in [0.2, 0.25) is 0 Å². The highest BCUT2D eigenvalue weighted by atomic mass is 16.5. The SMILES string of the molecule is C/C(=C(/C#N)C(=O)NC(C)(C)CCO)c1ccc(-c2ccc3cc(NCCN4CCOCC4)ccc3c2)o1.CC(C)C. The molecule has 1 aliphatic rings. The van der Waals surface area contributed by atoms with Crippen LogP contribution in [0.25, 0.3) is 27.7 Å². The van der Waals surface area contributed by atoms with Gasteiger partial charge in [0, 0.05) is 55.1 Å². The number of benzene rings is 2. The van der Waals surface area contributed by atoms with E-state index in [0.717, 1.165) is 67.3 Å². The first-order valence-electron chi connectivity index (χ1n) is 14.8. The van der Waals surface area contributed by atoms with Crippen LogP contribution in [0.4, 0.5) is 5.69 Å². The van der Waals surface area contributed by atoms with Crippen molar-refractivity contribution < 1.29 is 19.1 Å². The van der Waals surface area contributed by atoms with Crippen LogP contribution < -0.4 is 10.6 Å². The van der Waals surface area contributed by atoms with Crippen molar-refractivity contribution in [2.24, 2.45) is 5.92 Å². The average molecular weight is 575 g/mol. The van der Waals surface area contributed by atoms with E-state index in [0.29, 0.717) is 23.5 Å². The molecule has 0 unspecified atom stereocenters. The number of allylic oxidation sites excluding steroid dienone is 1. The summed E-state index contributed by atoms with van der Waals surface area (Å²) in [7, 11) is 0. The second-order valence-electron chi connectivity index (χ2n) is 12.0. The summed E-state index contributed by atoms with van der Waals surface area (Å²) < 4.78 is 11.5. The molecule has 1 aliphatic heterocycles. The van der Waals surface area contributed by atoms with Gasteiger partial charge in [0.25, 0.3) is 5.91 Å². The zero-order valence-electron chi connectivity index (χ0n) is 25.9. The maximum Gasteiger partial charge on any atom is 0.262 e. The third kappa shape index (κ3) is 9.73. The van der Waals surface area contributed by atoms with E-state index in [1.54, 1.807) is 26.8 Å². The van der Waals surface area contributed by atoms with Gasteiger partial charge in [0.05, 0.1) is 13.2 Å². The van der Waals surface area contributed by atoms with Crippen LogP contribution in [0.3, 0.4) is 0 Å². The predicted molar refractivity (Wildman–Crippen MR) is 170 cm³/mol. The fourth-order valence-corrected chi connectivity index (χ4v) is 4.53. The largest absolute Gasteiger partial charge is 0.456 e. The van der Waals surface area contributed by atoms with Crippen LogP contribution in [-0.4, -0.2) is 67.5 Å². The number of hydrogen-bond acceptors (Lipinski definition) is 7. The normalized spacial score (nSPS) is 14.5. The molecule has 4 rings (SSSR count). The summed E-state index contributed by atoms with van der Waals surface area (Å²) in [6, 6.07) is 18.1. The van der Waals surface area contributed by atoms with Gasteiger partial charge in [0.1, 0.15) is 23.2 Å². The Kier molecular flexibility index (Phi) is 12.2. The number of morpholine rings is 1. The highest BCUT2D eigenvalue weighted by molar-refractivity contribution is 6.04. The van der Waals surface area contributed by atoms with Gasteiger partial charge in [-0.15, -0.1) is 0 Å². The molecule has 2 aromatic carbocycles. The molecule has 3 N–H and O–H groups in total. The predicted octanol–water partition coefficient (Wildman–Crippen LogP) is 6.08. The van der Waals surface area contributed by atoms with Crippen LogP contribution in [0, 0.1) is 17.2 Å². The monoisotopic (exact) mass is 574 g/mol. The number of ether oxygens (including phenoxy) is 1. The first-order valence-corrected chi connectivity index (χ1v) is 14.8. The highest BCUT2D eigenvalue weighted by Crippen LogP contribution is 2.30. The molecule has 1 saturated heterocycles. The summed E-state index contributed by atoms with van der Waals surface area (Å²) in [6.07, 6.45) is 0.384. The molecule has 1 amide bonds. The van der Waals surface area contributed by atoms with Gasteiger partial charge in [-0.2, -0.15) is 5.26 Å². The topological polar surface area (TPSA) is 111 Å². The molecular formula is C34H46N4O4. The first kappa shape index (κ1) is 32.9. The summed E-state index contributed by atoms with van der Waals surface area (Å²) in [5, 5.41) is 27.4. The van der Waals surface area contributed by atoms with Gasteiger partial charge in [0.15, 0.2) is 0 Å². The van der Waals surface area contributed by atoms with Crippen LogP contribution in [-0.2, 0) is 9.53 Å². The summed E-state index contributed by atoms with van der Waals surface area (Å²) in [4.78, 5) is 15.2. The van der Waals surface area contributed by atoms with E-state index in [2.05, 4.69) is 66.6 Å². The molecule has 1 aromatic heterocycles. The number of fused-ring (bicyclic) bond motifs is 1. The van der Waals surface area contributed by atoms with E-state index in [1.807, 2.05) is 18.2 Å². The fourth-order valence-electron chi connectivity index (χ4n) is 4.53. The standard InChI is InChI=1S/C30H36N4O4.C4H10/c1-21(26(20-31)29(36)33-30(2,3)10-15-35)27-8-9-28(38-27)24-5-4-23-19-25(7-6-22(23)18-24)32-11-12-34-13-16-37-17-14-34;1-4(2)3/h4-9,18-19,32,35H,10-17H2,1-3H3,(H,33,36);4H,1-3H3/b26-21+;. The minimum atomic E-state index is -0.633. The average Bonchev–Trinajstić information content (AvgIpc) is 3.43. The number of carbonyl (C=O) groups excluding carboxylic acids is 1. The van der Waals surface area contributed by atoms with E-state index in [1.165, 1.54) is 0 Å². The molecule has 2 heterocycles. The number of amides is 1. The molecule has 1 fully saturated rings. The molecular weight excluding hydrogens is 528 g/mol. The van der Waals surface area contributed by atoms with Crippen molar-refractivity contribution in [3.8, 4) is 17.4 Å². The van der Waals surface area contributed by atoms with Gasteiger partial charge >= 0.3 is 0 Å². The molecule has 0 bridgehead atoms. The third-order valence-electron chi connectivity index (χ3n) is 6.86. The van der Waals surface area contributed by atoms with E-state index in [4.69, 9.17) is 9.15 Å². The van der Waals surface area contributed by atoms with Gasteiger partial charge in [-0.05, 0) is 74.2 Å². The zero-order chi connectivity index (χ0) is 30.7. The van der Waals surface area contributed by atoms with E-state index < -0.39 is 11.4 Å². The van der Waals surface area contributed by atoms with E-state index in [-0.39, 0.29) is 12.2 Å². The summed E-state index contributed by atoms with van der Waals surface area (Å²) >= 11 is 0. The maximum atomic E-state index is 12.7. The second kappa shape index (κ2) is 15.5. The quantitative estimate of drug-likeness (QED) is 0.199. The number of anilines is 1. The van der Waals surface area contributed by atoms with Crippen molar-refractivity contribution in [2.75, 3.05) is 51.3 Å². The van der Waals surface area contributed by atoms with Crippen molar-refractivity contribution >= 4 is 27.9 Å². The van der Waals surface area contributed by atoms with Gasteiger partial charge in [0.2, 0.25) is 0 Å². The summed E-state index contributed by atoms with van der Waals surface area (Å²) in [5.74, 6) is 1.47. The molecule has 0 radical (unpaired) electrons. The van der Waals surface area contributed by atoms with Gasteiger partial charge in [-0.25, -0.2) is 0 Å². The zero-order valence-corrected chi connectivity index (χ0v) is 25.9. The van der Waals surface area contributed by atoms with Crippen molar-refractivity contribution in [1.29, 1.82) is 5.26 Å². The molecule has 226 valence electrons. The second-order valence-corrected chi connectivity index (χ2v) is 12.0. The Hall–Kier alpha value is -3.64. The number of hydrogen-bond donors (Lipinski definition) is 3. The molecule has 8 heteroatoms. The third-order valence-corrected chi connectivity index (χ3v) is 6.86. The van der Waals surface area contributed by atoms with Gasteiger partial charge in [-0.1, -0.05) is 39.0 Å². The minimum absolute atomic E-state index is 0.0101. The summed E-state index contributed by atoms with van der Waals surface area (Å²) in [5.41, 5.74) is 1.82. The lowest BCUT2D eigenvalue weighted by atomic mass is 9.99. The number of carbonyl (C=O) groups is 1. The smallest absolute Gasteiger partial charge is 0.262 e. The Morgan fingerprint density at radius 2 is 1.74 bits per heavy atom. The Morgan fingerprint density at radius 1 is 1.07 bits per heavy atom. The number of nitrogens with zero attached hydrogens (tertiary/aromatic N) is 2. The van der Waals surface area contributed by atoms with E-state index >= 15 is 0 Å². The number of aliphatic hydroxyl groups is 1. The van der Waals surface area contributed by atoms with Crippen molar-refractivity contribution in [3.63, 3.8) is 0 Å². The van der Waals surface area contributed by atoms with Crippen molar-refractivity contribution in [1.82, 2.24) is 10.2 Å². The number of furan rings is 1. The lowest BCUT2D eigenvalue weighted by molar-refractivity contribution is -0.118. The number of aliphatic hydroxyl groups excluding tert-OH is 1. The van der Waals surface area contributed by atoms with Crippen LogP contribution in [0.1, 0.15) is 53.7 Å². The van der Waals surface area contributed by atoms with Crippen molar-refractivity contribution in [2.45, 2.75) is 53.5 Å². The van der Waals surface area contributed by atoms with Crippen LogP contribution in [0.15, 0.2) is 58.5 Å². The lowest BCUT2D eigenvalue weighted by Gasteiger charge is -2.26. The Bertz CT molecular complexity index is 1390. The minimum Gasteiger partial charge on any atom is -0.456 e. The van der Waals surface area contributed by atoms with Crippen LogP contribution in [0.5, 0.6) is 0 Å². The summed E-state index contributed by atoms with van der Waals surface area (Å²) in [6.45, 7) is 17.2. The Morgan fingerprint density at radius 3 is 2.40 bits per heavy atom. The highest BCUT2D eigenvalue weighted by Gasteiger charge is 2.24. The molecule has 3 aromatic rings. The molecule has 42 heavy (non-hydrogen) atoms. The molecule has 0 atom stereocenters. The molecule has 0 aliphatic carbocycles. The number of nitriles is 1. The molecule has 0 spiro atoms. The molecule has 0 saturated carbocycles. The van der Waals surface area contributed by atoms with Gasteiger partial charge < -0.3 is 24.9 Å². The van der Waals surface area contributed by atoms with Crippen molar-refractivity contribution in [3.05, 3.63) is 59.9 Å². The first-order chi connectivity index (χ1) is 20.0. The van der Waals surface area contributed by atoms with E-state index in [9.17, 15) is 15.2 Å². The lowest BCUT2D eigenvalue weighted by Crippen LogP contribution is -2.44. The maximum absolute atomic E-state index is 12.7. The fraction of sp³-hybridized carbons (Fsp3) is 0.471. The van der Waals surface area contributed by atoms with Crippen LogP contribution >= 0.6 is 0 Å².